The summed E-state index contributed by atoms with van der Waals surface area (Å²) in [6.07, 6.45) is 4.95. The predicted molar refractivity (Wildman–Crippen MR) is 95.7 cm³/mol. The zero-order valence-corrected chi connectivity index (χ0v) is 14.7. The second-order valence-electron chi connectivity index (χ2n) is 7.49. The standard InChI is InChI=1S/C19H22N2O2.ClH/c1-12-10-15-11-14(2-3-16(15)23-12)18(22)20-17-13-4-8-21(9-5-13)19(17)6-7-19;/h2-3,10-11,13,17H,4-9H2,1H3,(H,20,22);1H/t17-;/m1./s1. The molecular weight excluding hydrogens is 324 g/mol. The fourth-order valence-corrected chi connectivity index (χ4v) is 4.86. The van der Waals surface area contributed by atoms with Crippen LogP contribution in [0.2, 0.25) is 0 Å². The second-order valence-corrected chi connectivity index (χ2v) is 7.49. The van der Waals surface area contributed by atoms with Crippen LogP contribution >= 0.6 is 12.4 Å². The highest BCUT2D eigenvalue weighted by molar-refractivity contribution is 5.98. The first-order valence-electron chi connectivity index (χ1n) is 8.72. The van der Waals surface area contributed by atoms with Gasteiger partial charge in [-0.2, -0.15) is 0 Å². The van der Waals surface area contributed by atoms with Crippen molar-refractivity contribution in [1.29, 1.82) is 0 Å². The molecule has 0 radical (unpaired) electrons. The van der Waals surface area contributed by atoms with Gasteiger partial charge in [0.1, 0.15) is 11.3 Å². The molecule has 128 valence electrons. The van der Waals surface area contributed by atoms with Crippen LogP contribution in [0.5, 0.6) is 0 Å². The maximum Gasteiger partial charge on any atom is 0.251 e. The van der Waals surface area contributed by atoms with E-state index in [1.54, 1.807) is 0 Å². The number of hydrogen-bond acceptors (Lipinski definition) is 3. The summed E-state index contributed by atoms with van der Waals surface area (Å²) in [7, 11) is 0. The van der Waals surface area contributed by atoms with Crippen LogP contribution in [0.4, 0.5) is 0 Å². The summed E-state index contributed by atoms with van der Waals surface area (Å²) in [5, 5.41) is 4.38. The van der Waals surface area contributed by atoms with Crippen molar-refractivity contribution in [2.45, 2.75) is 44.2 Å². The summed E-state index contributed by atoms with van der Waals surface area (Å²) in [6.45, 7) is 4.37. The highest BCUT2D eigenvalue weighted by Crippen LogP contribution is 2.53. The van der Waals surface area contributed by atoms with Gasteiger partial charge in [0.2, 0.25) is 0 Å². The molecule has 1 aliphatic carbocycles. The van der Waals surface area contributed by atoms with Crippen molar-refractivity contribution in [1.82, 2.24) is 10.2 Å². The van der Waals surface area contributed by atoms with Gasteiger partial charge in [0.25, 0.3) is 5.91 Å². The van der Waals surface area contributed by atoms with Gasteiger partial charge >= 0.3 is 0 Å². The predicted octanol–water partition coefficient (Wildman–Crippen LogP) is 3.52. The lowest BCUT2D eigenvalue weighted by molar-refractivity contribution is -0.00144. The topological polar surface area (TPSA) is 45.5 Å². The molecule has 0 unspecified atom stereocenters. The minimum atomic E-state index is 0. The van der Waals surface area contributed by atoms with Crippen LogP contribution in [0.15, 0.2) is 28.7 Å². The fraction of sp³-hybridized carbons (Fsp3) is 0.526. The van der Waals surface area contributed by atoms with Crippen molar-refractivity contribution < 1.29 is 9.21 Å². The molecule has 4 nitrogen and oxygen atoms in total. The SMILES string of the molecule is Cc1cc2cc(C(=O)N[C@@H]3C4CCN(CC4)C34CC4)ccc2o1.Cl. The molecule has 1 aromatic heterocycles. The zero-order valence-electron chi connectivity index (χ0n) is 13.9. The molecule has 4 aliphatic rings. The Kier molecular flexibility index (Phi) is 3.66. The van der Waals surface area contributed by atoms with Gasteiger partial charge in [-0.1, -0.05) is 0 Å². The number of furan rings is 1. The summed E-state index contributed by atoms with van der Waals surface area (Å²) in [5.74, 6) is 1.61. The van der Waals surface area contributed by atoms with Gasteiger partial charge in [-0.25, -0.2) is 0 Å². The van der Waals surface area contributed by atoms with Crippen LogP contribution in [0.25, 0.3) is 11.0 Å². The summed E-state index contributed by atoms with van der Waals surface area (Å²) < 4.78 is 5.60. The summed E-state index contributed by atoms with van der Waals surface area (Å²) in [5.41, 5.74) is 1.87. The van der Waals surface area contributed by atoms with Gasteiger partial charge in [-0.05, 0) is 75.9 Å². The minimum absolute atomic E-state index is 0. The van der Waals surface area contributed by atoms with Crippen molar-refractivity contribution in [2.24, 2.45) is 5.92 Å². The molecule has 2 aromatic rings. The van der Waals surface area contributed by atoms with Crippen molar-refractivity contribution in [3.63, 3.8) is 0 Å². The van der Waals surface area contributed by atoms with Gasteiger partial charge in [-0.15, -0.1) is 12.4 Å². The number of nitrogens with zero attached hydrogens (tertiary/aromatic N) is 1. The van der Waals surface area contributed by atoms with Crippen LogP contribution < -0.4 is 5.32 Å². The number of amides is 1. The smallest absolute Gasteiger partial charge is 0.251 e. The van der Waals surface area contributed by atoms with Gasteiger partial charge in [0, 0.05) is 16.5 Å². The summed E-state index contributed by atoms with van der Waals surface area (Å²) in [6, 6.07) is 8.05. The monoisotopic (exact) mass is 346 g/mol. The number of fused-ring (bicyclic) bond motifs is 3. The van der Waals surface area contributed by atoms with Crippen LogP contribution in [-0.2, 0) is 0 Å². The lowest BCUT2D eigenvalue weighted by Gasteiger charge is -2.52. The molecule has 4 fully saturated rings. The van der Waals surface area contributed by atoms with Crippen LogP contribution in [0.1, 0.15) is 41.8 Å². The average Bonchev–Trinajstić information content (AvgIpc) is 3.24. The molecule has 1 spiro atoms. The van der Waals surface area contributed by atoms with Crippen molar-refractivity contribution in [3.05, 3.63) is 35.6 Å². The van der Waals surface area contributed by atoms with Gasteiger partial charge in [0.15, 0.2) is 0 Å². The molecular formula is C19H23ClN2O2. The molecule has 4 heterocycles. The third-order valence-electron chi connectivity index (χ3n) is 6.17. The quantitative estimate of drug-likeness (QED) is 0.905. The van der Waals surface area contributed by atoms with E-state index >= 15 is 0 Å². The number of halogens is 1. The number of piperidine rings is 3. The van der Waals surface area contributed by atoms with Crippen LogP contribution in [-0.4, -0.2) is 35.5 Å². The van der Waals surface area contributed by atoms with Crippen LogP contribution in [0, 0.1) is 12.8 Å². The molecule has 6 rings (SSSR count). The first kappa shape index (κ1) is 16.0. The number of carbonyl (C=O) groups excluding carboxylic acids is 1. The molecule has 1 aromatic carbocycles. The molecule has 24 heavy (non-hydrogen) atoms. The number of nitrogens with one attached hydrogen (secondary N) is 1. The highest BCUT2D eigenvalue weighted by Gasteiger charge is 2.60. The van der Waals surface area contributed by atoms with E-state index in [2.05, 4.69) is 10.2 Å². The van der Waals surface area contributed by atoms with E-state index in [9.17, 15) is 4.79 Å². The van der Waals surface area contributed by atoms with Gasteiger partial charge in [0.05, 0.1) is 6.04 Å². The first-order valence-corrected chi connectivity index (χ1v) is 8.72. The molecule has 3 aliphatic heterocycles. The normalized spacial score (nSPS) is 29.5. The van der Waals surface area contributed by atoms with E-state index < -0.39 is 0 Å². The van der Waals surface area contributed by atoms with Crippen molar-refractivity contribution in [2.75, 3.05) is 13.1 Å². The molecule has 1 saturated carbocycles. The lowest BCUT2D eigenvalue weighted by Crippen LogP contribution is -2.65. The Balaban J connectivity index is 0.00000146. The number of benzene rings is 1. The Labute approximate surface area is 148 Å². The third kappa shape index (κ3) is 2.27. The van der Waals surface area contributed by atoms with Crippen molar-refractivity contribution in [3.8, 4) is 0 Å². The largest absolute Gasteiger partial charge is 0.461 e. The van der Waals surface area contributed by atoms with E-state index in [4.69, 9.17) is 4.42 Å². The Morgan fingerprint density at radius 1 is 1.25 bits per heavy atom. The Morgan fingerprint density at radius 2 is 2.00 bits per heavy atom. The maximum atomic E-state index is 12.8. The molecule has 1 atom stereocenters. The summed E-state index contributed by atoms with van der Waals surface area (Å²) in [4.78, 5) is 15.4. The summed E-state index contributed by atoms with van der Waals surface area (Å²) >= 11 is 0. The molecule has 2 bridgehead atoms. The average molecular weight is 347 g/mol. The highest BCUT2D eigenvalue weighted by atomic mass is 35.5. The minimum Gasteiger partial charge on any atom is -0.461 e. The third-order valence-corrected chi connectivity index (χ3v) is 6.17. The van der Waals surface area contributed by atoms with E-state index in [1.165, 1.54) is 38.8 Å². The molecule has 5 heteroatoms. The van der Waals surface area contributed by atoms with E-state index in [-0.39, 0.29) is 23.9 Å². The Morgan fingerprint density at radius 3 is 2.71 bits per heavy atom. The van der Waals surface area contributed by atoms with Crippen molar-refractivity contribution >= 4 is 29.3 Å². The fourth-order valence-electron chi connectivity index (χ4n) is 4.86. The van der Waals surface area contributed by atoms with E-state index in [0.717, 1.165) is 22.3 Å². The van der Waals surface area contributed by atoms with Crippen LogP contribution in [0.3, 0.4) is 0 Å². The Bertz CT molecular complexity index is 788. The van der Waals surface area contributed by atoms with E-state index in [1.807, 2.05) is 31.2 Å². The number of hydrogen-bond donors (Lipinski definition) is 1. The molecule has 1 amide bonds. The first-order chi connectivity index (χ1) is 11.2. The molecule has 1 N–H and O–H groups in total. The number of rotatable bonds is 2. The van der Waals surface area contributed by atoms with Gasteiger partial charge < -0.3 is 9.73 Å². The van der Waals surface area contributed by atoms with Gasteiger partial charge in [-0.3, -0.25) is 9.69 Å². The second kappa shape index (κ2) is 5.50. The molecule has 3 saturated heterocycles. The maximum absolute atomic E-state index is 12.8. The van der Waals surface area contributed by atoms with E-state index in [0.29, 0.717) is 12.0 Å². The number of aryl methyl sites for hydroxylation is 1. The number of carbonyl (C=O) groups is 1. The Hall–Kier alpha value is -1.52. The zero-order chi connectivity index (χ0) is 15.6. The lowest BCUT2D eigenvalue weighted by atomic mass is 9.77.